The summed E-state index contributed by atoms with van der Waals surface area (Å²) in [5.74, 6) is 0.689. The molecule has 4 nitrogen and oxygen atoms in total. The lowest BCUT2D eigenvalue weighted by Crippen LogP contribution is -2.42. The molecule has 2 aliphatic rings. The molecule has 2 heterocycles. The Bertz CT molecular complexity index is 265. The van der Waals surface area contributed by atoms with Gasteiger partial charge in [0.25, 0.3) is 0 Å². The lowest BCUT2D eigenvalue weighted by molar-refractivity contribution is 0.106. The fourth-order valence-electron chi connectivity index (χ4n) is 2.88. The smallest absolute Gasteiger partial charge is 0.407 e. The monoisotopic (exact) mass is 246 g/mol. The molecule has 0 aliphatic carbocycles. The van der Waals surface area contributed by atoms with Gasteiger partial charge in [-0.2, -0.15) is 0 Å². The molecule has 2 saturated heterocycles. The van der Waals surface area contributed by atoms with Gasteiger partial charge in [-0.25, -0.2) is 4.79 Å². The van der Waals surface area contributed by atoms with Crippen molar-refractivity contribution >= 4 is 17.7 Å². The molecule has 1 amide bonds. The van der Waals surface area contributed by atoms with Crippen LogP contribution in [0.5, 0.6) is 0 Å². The third-order valence-corrected chi connectivity index (χ3v) is 4.20. The second-order valence-corrected chi connectivity index (χ2v) is 5.36. The van der Waals surface area contributed by atoms with E-state index in [1.807, 2.05) is 0 Å². The number of piperidine rings is 1. The second-order valence-electron chi connectivity index (χ2n) is 4.98. The summed E-state index contributed by atoms with van der Waals surface area (Å²) in [6.07, 6.45) is 2.51. The van der Waals surface area contributed by atoms with E-state index >= 15 is 0 Å². The zero-order valence-corrected chi connectivity index (χ0v) is 10.2. The van der Waals surface area contributed by atoms with Gasteiger partial charge in [0.2, 0.25) is 0 Å². The standard InChI is InChI=1S/C11H19ClN2O2/c12-4-8-13-5-1-11(2-6-13)3-7-14(9-11)10(15)16/h1-9H2,(H,15,16). The van der Waals surface area contributed by atoms with Crippen LogP contribution in [0, 0.1) is 5.41 Å². The number of carboxylic acid groups (broad SMARTS) is 1. The number of carbonyl (C=O) groups is 1. The number of halogens is 1. The summed E-state index contributed by atoms with van der Waals surface area (Å²) in [6, 6.07) is 0. The molecule has 2 fully saturated rings. The molecular weight excluding hydrogens is 228 g/mol. The zero-order chi connectivity index (χ0) is 11.6. The molecule has 0 aromatic rings. The second kappa shape index (κ2) is 4.80. The maximum absolute atomic E-state index is 10.9. The maximum Gasteiger partial charge on any atom is 0.407 e. The fraction of sp³-hybridized carbons (Fsp3) is 0.909. The number of hydrogen-bond acceptors (Lipinski definition) is 2. The van der Waals surface area contributed by atoms with Crippen LogP contribution in [0.3, 0.4) is 0 Å². The van der Waals surface area contributed by atoms with Crippen molar-refractivity contribution in [3.05, 3.63) is 0 Å². The molecule has 0 unspecified atom stereocenters. The molecule has 92 valence electrons. The van der Waals surface area contributed by atoms with Crippen LogP contribution >= 0.6 is 11.6 Å². The first-order valence-corrected chi connectivity index (χ1v) is 6.45. The van der Waals surface area contributed by atoms with E-state index in [1.165, 1.54) is 0 Å². The molecule has 1 N–H and O–H groups in total. The van der Waals surface area contributed by atoms with Crippen molar-refractivity contribution in [2.75, 3.05) is 38.6 Å². The Balaban J connectivity index is 1.86. The Morgan fingerprint density at radius 3 is 2.38 bits per heavy atom. The van der Waals surface area contributed by atoms with Gasteiger partial charge in [-0.05, 0) is 37.8 Å². The molecular formula is C11H19ClN2O2. The number of rotatable bonds is 2. The van der Waals surface area contributed by atoms with Crippen molar-refractivity contribution in [2.24, 2.45) is 5.41 Å². The quantitative estimate of drug-likeness (QED) is 0.755. The van der Waals surface area contributed by atoms with Gasteiger partial charge in [0.05, 0.1) is 0 Å². The lowest BCUT2D eigenvalue weighted by Gasteiger charge is -2.38. The summed E-state index contributed by atoms with van der Waals surface area (Å²) in [5.41, 5.74) is 0.265. The van der Waals surface area contributed by atoms with E-state index in [9.17, 15) is 4.79 Å². The average molecular weight is 247 g/mol. The van der Waals surface area contributed by atoms with Gasteiger partial charge >= 0.3 is 6.09 Å². The molecule has 0 aromatic carbocycles. The highest BCUT2D eigenvalue weighted by Gasteiger charge is 2.41. The van der Waals surface area contributed by atoms with Crippen LogP contribution < -0.4 is 0 Å². The number of nitrogens with zero attached hydrogens (tertiary/aromatic N) is 2. The lowest BCUT2D eigenvalue weighted by atomic mass is 9.78. The summed E-state index contributed by atoms with van der Waals surface area (Å²) in [7, 11) is 0. The fourth-order valence-corrected chi connectivity index (χ4v) is 3.12. The molecule has 0 aromatic heterocycles. The molecule has 5 heteroatoms. The third-order valence-electron chi connectivity index (χ3n) is 4.03. The van der Waals surface area contributed by atoms with Crippen LogP contribution in [-0.4, -0.2) is 59.6 Å². The van der Waals surface area contributed by atoms with Crippen LogP contribution in [0.4, 0.5) is 4.79 Å². The predicted molar refractivity (Wildman–Crippen MR) is 63.0 cm³/mol. The SMILES string of the molecule is O=C(O)N1CCC2(CCN(CCCl)CC2)C1. The van der Waals surface area contributed by atoms with Gasteiger partial charge < -0.3 is 14.9 Å². The summed E-state index contributed by atoms with van der Waals surface area (Å²) in [5, 5.41) is 8.96. The Morgan fingerprint density at radius 2 is 1.88 bits per heavy atom. The average Bonchev–Trinajstić information content (AvgIpc) is 2.67. The Kier molecular flexibility index (Phi) is 3.60. The molecule has 0 bridgehead atoms. The number of hydrogen-bond donors (Lipinski definition) is 1. The van der Waals surface area contributed by atoms with Crippen molar-refractivity contribution in [1.29, 1.82) is 0 Å². The first kappa shape index (κ1) is 12.0. The van der Waals surface area contributed by atoms with E-state index in [1.54, 1.807) is 4.90 Å². The molecule has 0 radical (unpaired) electrons. The van der Waals surface area contributed by atoms with Crippen molar-refractivity contribution < 1.29 is 9.90 Å². The van der Waals surface area contributed by atoms with Crippen LogP contribution in [0.2, 0.25) is 0 Å². The number of amides is 1. The summed E-state index contributed by atoms with van der Waals surface area (Å²) in [4.78, 5) is 14.8. The molecule has 0 saturated carbocycles. The van der Waals surface area contributed by atoms with Gasteiger partial charge in [-0.3, -0.25) is 0 Å². The Hall–Kier alpha value is -0.480. The van der Waals surface area contributed by atoms with E-state index in [4.69, 9.17) is 16.7 Å². The number of likely N-dealkylation sites (tertiary alicyclic amines) is 2. The normalized spacial score (nSPS) is 25.2. The molecule has 0 atom stereocenters. The van der Waals surface area contributed by atoms with Crippen molar-refractivity contribution in [3.8, 4) is 0 Å². The molecule has 16 heavy (non-hydrogen) atoms. The van der Waals surface area contributed by atoms with E-state index in [2.05, 4.69) is 4.90 Å². The van der Waals surface area contributed by atoms with Gasteiger partial charge in [-0.1, -0.05) is 0 Å². The Morgan fingerprint density at radius 1 is 1.25 bits per heavy atom. The highest BCUT2D eigenvalue weighted by Crippen LogP contribution is 2.40. The van der Waals surface area contributed by atoms with Crippen LogP contribution in [0.25, 0.3) is 0 Å². The Labute approximate surface area is 101 Å². The van der Waals surface area contributed by atoms with E-state index in [-0.39, 0.29) is 5.41 Å². The van der Waals surface area contributed by atoms with Crippen LogP contribution in [-0.2, 0) is 0 Å². The molecule has 2 rings (SSSR count). The first-order valence-electron chi connectivity index (χ1n) is 5.91. The topological polar surface area (TPSA) is 43.8 Å². The highest BCUT2D eigenvalue weighted by molar-refractivity contribution is 6.18. The maximum atomic E-state index is 10.9. The minimum absolute atomic E-state index is 0.265. The van der Waals surface area contributed by atoms with Gasteiger partial charge in [0.15, 0.2) is 0 Å². The highest BCUT2D eigenvalue weighted by atomic mass is 35.5. The van der Waals surface area contributed by atoms with Gasteiger partial charge in [-0.15, -0.1) is 11.6 Å². The van der Waals surface area contributed by atoms with E-state index < -0.39 is 6.09 Å². The predicted octanol–water partition coefficient (Wildman–Crippen LogP) is 1.69. The van der Waals surface area contributed by atoms with E-state index in [0.29, 0.717) is 12.4 Å². The molecule has 2 aliphatic heterocycles. The minimum atomic E-state index is -0.764. The van der Waals surface area contributed by atoms with Crippen LogP contribution in [0.1, 0.15) is 19.3 Å². The number of alkyl halides is 1. The third kappa shape index (κ3) is 2.43. The zero-order valence-electron chi connectivity index (χ0n) is 9.49. The summed E-state index contributed by atoms with van der Waals surface area (Å²) < 4.78 is 0. The minimum Gasteiger partial charge on any atom is -0.465 e. The van der Waals surface area contributed by atoms with Crippen molar-refractivity contribution in [2.45, 2.75) is 19.3 Å². The van der Waals surface area contributed by atoms with E-state index in [0.717, 1.165) is 45.4 Å². The summed E-state index contributed by atoms with van der Waals surface area (Å²) in [6.45, 7) is 4.54. The summed E-state index contributed by atoms with van der Waals surface area (Å²) >= 11 is 5.72. The first-order chi connectivity index (χ1) is 7.65. The largest absolute Gasteiger partial charge is 0.465 e. The van der Waals surface area contributed by atoms with Crippen LogP contribution in [0.15, 0.2) is 0 Å². The van der Waals surface area contributed by atoms with Gasteiger partial charge in [0.1, 0.15) is 0 Å². The van der Waals surface area contributed by atoms with Crippen molar-refractivity contribution in [1.82, 2.24) is 9.80 Å². The van der Waals surface area contributed by atoms with Crippen molar-refractivity contribution in [3.63, 3.8) is 0 Å². The molecule has 1 spiro atoms. The van der Waals surface area contributed by atoms with Gasteiger partial charge in [0, 0.05) is 25.5 Å².